The van der Waals surface area contributed by atoms with Crippen molar-refractivity contribution in [3.63, 3.8) is 0 Å². The number of hydrogen-bond acceptors (Lipinski definition) is 9. The standard InChI is InChI=1S/C38H45N5O8/c1-23(39-35(46)12-6-5-9-13-44)36(47)40-24(2)37(48)41-28-15-25(21-45)14-26(16-28)22-51-34-19-32-30(18-33(34)50-4)38(49)43-29(20-42(32)3)17-27-10-7-8-11-31(27)43/h7-8,10-11,13-16,18-19,23-24,29,45H,5-6,9,12,17,20-22H2,1-4H3,(H,39,46)(H,40,47)(H,41,48)/t23-,24-,29-/m0/s1. The van der Waals surface area contributed by atoms with E-state index in [0.717, 1.165) is 29.6 Å². The number of fused-ring (bicyclic) bond motifs is 4. The highest BCUT2D eigenvalue weighted by atomic mass is 16.5. The van der Waals surface area contributed by atoms with Crippen LogP contribution in [0.4, 0.5) is 17.1 Å². The van der Waals surface area contributed by atoms with Crippen molar-refractivity contribution in [1.29, 1.82) is 0 Å². The molecule has 0 unspecified atom stereocenters. The van der Waals surface area contributed by atoms with E-state index in [4.69, 9.17) is 9.47 Å². The van der Waals surface area contributed by atoms with E-state index in [1.807, 2.05) is 30.1 Å². The fourth-order valence-corrected chi connectivity index (χ4v) is 6.45. The molecule has 0 spiro atoms. The molecule has 3 atom stereocenters. The Hall–Kier alpha value is -5.43. The highest BCUT2D eigenvalue weighted by Crippen LogP contribution is 2.42. The number of likely N-dealkylation sites (N-methyl/N-ethyl adjacent to an activating group) is 1. The smallest absolute Gasteiger partial charge is 0.260 e. The SMILES string of the molecule is COc1cc2c(cc1OCc1cc(CO)cc(NC(=O)[C@H](C)NC(=O)[C@H](C)NC(=O)CCCCC=O)c1)N(C)C[C@@H]1Cc3ccccc3N1C2=O. The van der Waals surface area contributed by atoms with Crippen molar-refractivity contribution in [2.75, 3.05) is 35.8 Å². The number of aldehydes is 1. The van der Waals surface area contributed by atoms with Gasteiger partial charge in [0.25, 0.3) is 5.91 Å². The van der Waals surface area contributed by atoms with Gasteiger partial charge in [0.15, 0.2) is 11.5 Å². The molecule has 0 aliphatic carbocycles. The summed E-state index contributed by atoms with van der Waals surface area (Å²) in [6, 6.07) is 14.8. The van der Waals surface area contributed by atoms with Gasteiger partial charge in [-0.2, -0.15) is 0 Å². The number of benzene rings is 3. The van der Waals surface area contributed by atoms with Gasteiger partial charge in [0.2, 0.25) is 17.7 Å². The highest BCUT2D eigenvalue weighted by Gasteiger charge is 2.39. The summed E-state index contributed by atoms with van der Waals surface area (Å²) in [5.74, 6) is -0.618. The second-order valence-corrected chi connectivity index (χ2v) is 13.0. The van der Waals surface area contributed by atoms with E-state index in [1.54, 1.807) is 30.3 Å². The van der Waals surface area contributed by atoms with Crippen LogP contribution in [-0.2, 0) is 38.8 Å². The van der Waals surface area contributed by atoms with Gasteiger partial charge in [0, 0.05) is 43.9 Å². The van der Waals surface area contributed by atoms with Crippen LogP contribution in [0.25, 0.3) is 0 Å². The minimum absolute atomic E-state index is 0.00616. The topological polar surface area (TPSA) is 167 Å². The third kappa shape index (κ3) is 8.66. The van der Waals surface area contributed by atoms with Crippen molar-refractivity contribution < 1.29 is 38.6 Å². The van der Waals surface area contributed by atoms with E-state index < -0.39 is 23.9 Å². The van der Waals surface area contributed by atoms with Gasteiger partial charge in [-0.1, -0.05) is 18.2 Å². The molecule has 4 amide bonds. The largest absolute Gasteiger partial charge is 0.493 e. The van der Waals surface area contributed by atoms with Crippen molar-refractivity contribution in [1.82, 2.24) is 10.6 Å². The quantitative estimate of drug-likeness (QED) is 0.137. The van der Waals surface area contributed by atoms with Crippen LogP contribution in [0.2, 0.25) is 0 Å². The first-order valence-corrected chi connectivity index (χ1v) is 17.1. The van der Waals surface area contributed by atoms with E-state index in [9.17, 15) is 29.1 Å². The molecule has 2 aliphatic rings. The number of carbonyl (C=O) groups is 5. The van der Waals surface area contributed by atoms with Gasteiger partial charge in [-0.25, -0.2) is 0 Å². The highest BCUT2D eigenvalue weighted by molar-refractivity contribution is 6.12. The van der Waals surface area contributed by atoms with E-state index in [1.165, 1.54) is 21.0 Å². The summed E-state index contributed by atoms with van der Waals surface area (Å²) < 4.78 is 11.9. The molecular formula is C38H45N5O8. The molecule has 0 saturated heterocycles. The average Bonchev–Trinajstić information content (AvgIpc) is 3.44. The Morgan fingerprint density at radius 2 is 1.71 bits per heavy atom. The van der Waals surface area contributed by atoms with Gasteiger partial charge >= 0.3 is 0 Å². The Balaban J connectivity index is 1.24. The molecule has 0 radical (unpaired) electrons. The number of aliphatic hydroxyl groups is 1. The number of aliphatic hydroxyl groups excluding tert-OH is 1. The minimum Gasteiger partial charge on any atom is -0.493 e. The number of methoxy groups -OCH3 is 1. The second kappa shape index (κ2) is 16.5. The molecule has 4 N–H and O–H groups in total. The molecule has 0 aromatic heterocycles. The number of ether oxygens (including phenoxy) is 2. The number of nitrogens with one attached hydrogen (secondary N) is 3. The summed E-state index contributed by atoms with van der Waals surface area (Å²) in [6.45, 7) is 3.46. The van der Waals surface area contributed by atoms with E-state index in [-0.39, 0.29) is 37.5 Å². The van der Waals surface area contributed by atoms with Crippen molar-refractivity contribution in [2.24, 2.45) is 0 Å². The van der Waals surface area contributed by atoms with E-state index in [2.05, 4.69) is 26.9 Å². The Morgan fingerprint density at radius 3 is 2.45 bits per heavy atom. The molecule has 51 heavy (non-hydrogen) atoms. The third-order valence-corrected chi connectivity index (χ3v) is 9.09. The third-order valence-electron chi connectivity index (χ3n) is 9.09. The maximum absolute atomic E-state index is 13.9. The van der Waals surface area contributed by atoms with E-state index >= 15 is 0 Å². The molecule has 13 nitrogen and oxygen atoms in total. The zero-order valence-electron chi connectivity index (χ0n) is 29.4. The molecule has 13 heteroatoms. The van der Waals surface area contributed by atoms with Gasteiger partial charge in [0.05, 0.1) is 31.0 Å². The van der Waals surface area contributed by atoms with E-state index in [0.29, 0.717) is 59.7 Å². The monoisotopic (exact) mass is 699 g/mol. The Labute approximate surface area is 297 Å². The lowest BCUT2D eigenvalue weighted by Crippen LogP contribution is -2.50. The molecule has 3 aromatic rings. The van der Waals surface area contributed by atoms with Crippen molar-refractivity contribution in [3.05, 3.63) is 76.9 Å². The lowest BCUT2D eigenvalue weighted by atomic mass is 10.1. The predicted octanol–water partition coefficient (Wildman–Crippen LogP) is 3.50. The molecule has 3 aromatic carbocycles. The zero-order chi connectivity index (χ0) is 36.7. The summed E-state index contributed by atoms with van der Waals surface area (Å²) in [5.41, 5.74) is 4.88. The Bertz CT molecular complexity index is 1800. The molecule has 2 aliphatic heterocycles. The van der Waals surface area contributed by atoms with Crippen LogP contribution in [-0.4, -0.2) is 73.8 Å². The maximum Gasteiger partial charge on any atom is 0.260 e. The zero-order valence-corrected chi connectivity index (χ0v) is 29.4. The molecule has 0 saturated carbocycles. The van der Waals surface area contributed by atoms with Crippen LogP contribution in [0.15, 0.2) is 54.6 Å². The van der Waals surface area contributed by atoms with Crippen LogP contribution in [0, 0.1) is 0 Å². The van der Waals surface area contributed by atoms with Crippen molar-refractivity contribution >= 4 is 47.0 Å². The van der Waals surface area contributed by atoms with Crippen LogP contribution in [0.3, 0.4) is 0 Å². The first-order chi connectivity index (χ1) is 24.5. The fourth-order valence-electron chi connectivity index (χ4n) is 6.45. The van der Waals surface area contributed by atoms with Crippen LogP contribution in [0.1, 0.15) is 66.6 Å². The number of nitrogens with zero attached hydrogens (tertiary/aromatic N) is 2. The lowest BCUT2D eigenvalue weighted by Gasteiger charge is -2.25. The summed E-state index contributed by atoms with van der Waals surface area (Å²) in [7, 11) is 3.47. The normalized spacial score (nSPS) is 15.8. The van der Waals surface area contributed by atoms with Crippen LogP contribution >= 0.6 is 0 Å². The van der Waals surface area contributed by atoms with Gasteiger partial charge in [0.1, 0.15) is 25.0 Å². The number of unbranched alkanes of at least 4 members (excludes halogenated alkanes) is 2. The first-order valence-electron chi connectivity index (χ1n) is 17.1. The summed E-state index contributed by atoms with van der Waals surface area (Å²) in [4.78, 5) is 66.1. The lowest BCUT2D eigenvalue weighted by molar-refractivity contribution is -0.130. The van der Waals surface area contributed by atoms with Gasteiger partial charge < -0.3 is 45.1 Å². The molecule has 0 bridgehead atoms. The number of anilines is 3. The number of para-hydroxylation sites is 1. The van der Waals surface area contributed by atoms with Crippen LogP contribution < -0.4 is 35.2 Å². The number of carbonyl (C=O) groups excluding carboxylic acids is 5. The summed E-state index contributed by atoms with van der Waals surface area (Å²) >= 11 is 0. The molecular weight excluding hydrogens is 654 g/mol. The number of rotatable bonds is 15. The summed E-state index contributed by atoms with van der Waals surface area (Å²) in [6.07, 6.45) is 3.28. The first kappa shape index (κ1) is 36.8. The second-order valence-electron chi connectivity index (χ2n) is 13.0. The van der Waals surface area contributed by atoms with Gasteiger partial charge in [-0.05, 0) is 80.1 Å². The number of hydrogen-bond donors (Lipinski definition) is 4. The molecule has 0 fully saturated rings. The minimum atomic E-state index is -0.935. The Morgan fingerprint density at radius 1 is 0.961 bits per heavy atom. The predicted molar refractivity (Wildman–Crippen MR) is 192 cm³/mol. The average molecular weight is 700 g/mol. The summed E-state index contributed by atoms with van der Waals surface area (Å²) in [5, 5.41) is 17.9. The molecule has 2 heterocycles. The number of amides is 4. The fraction of sp³-hybridized carbons (Fsp3) is 0.395. The Kier molecular flexibility index (Phi) is 11.9. The van der Waals surface area contributed by atoms with Crippen molar-refractivity contribution in [3.8, 4) is 11.5 Å². The van der Waals surface area contributed by atoms with Gasteiger partial charge in [-0.15, -0.1) is 0 Å². The molecule has 5 rings (SSSR count). The van der Waals surface area contributed by atoms with Crippen molar-refractivity contribution in [2.45, 2.75) is 77.3 Å². The van der Waals surface area contributed by atoms with Gasteiger partial charge in [-0.3, -0.25) is 19.2 Å². The molecule has 270 valence electrons. The van der Waals surface area contributed by atoms with Crippen LogP contribution in [0.5, 0.6) is 11.5 Å². The maximum atomic E-state index is 13.9.